The quantitative estimate of drug-likeness (QED) is 0.769. The van der Waals surface area contributed by atoms with Crippen LogP contribution in [0.5, 0.6) is 5.75 Å². The summed E-state index contributed by atoms with van der Waals surface area (Å²) in [5.41, 5.74) is 0.944. The van der Waals surface area contributed by atoms with Gasteiger partial charge in [0.05, 0.1) is 13.7 Å². The molecule has 6 heteroatoms. The van der Waals surface area contributed by atoms with Crippen molar-refractivity contribution in [1.29, 1.82) is 0 Å². The molecule has 6 nitrogen and oxygen atoms in total. The predicted molar refractivity (Wildman–Crippen MR) is 77.6 cm³/mol. The van der Waals surface area contributed by atoms with Gasteiger partial charge in [-0.3, -0.25) is 0 Å². The summed E-state index contributed by atoms with van der Waals surface area (Å²) in [5.74, 6) is 1.47. The average Bonchev–Trinajstić information content (AvgIpc) is 2.97. The number of methoxy groups -OCH3 is 1. The summed E-state index contributed by atoms with van der Waals surface area (Å²) in [4.78, 5) is 3.98. The van der Waals surface area contributed by atoms with Crippen LogP contribution in [0.25, 0.3) is 11.4 Å². The van der Waals surface area contributed by atoms with Gasteiger partial charge >= 0.3 is 0 Å². The number of likely N-dealkylation sites (N-methyl/N-ethyl adjacent to an activating group) is 1. The topological polar surface area (TPSA) is 56.1 Å². The van der Waals surface area contributed by atoms with Gasteiger partial charge in [0, 0.05) is 12.1 Å². The van der Waals surface area contributed by atoms with Gasteiger partial charge < -0.3 is 9.64 Å². The largest absolute Gasteiger partial charge is 0.497 e. The maximum Gasteiger partial charge on any atom is 0.204 e. The van der Waals surface area contributed by atoms with Crippen molar-refractivity contribution in [3.05, 3.63) is 24.3 Å². The summed E-state index contributed by atoms with van der Waals surface area (Å²) < 4.78 is 5.13. The van der Waals surface area contributed by atoms with Crippen LogP contribution >= 0.6 is 0 Å². The smallest absolute Gasteiger partial charge is 0.204 e. The first-order valence-corrected chi connectivity index (χ1v) is 6.91. The molecule has 1 aromatic heterocycles. The molecule has 2 aromatic rings. The van der Waals surface area contributed by atoms with Gasteiger partial charge in [-0.1, -0.05) is 13.8 Å². The Bertz CT molecular complexity index is 519. The van der Waals surface area contributed by atoms with E-state index in [0.717, 1.165) is 37.5 Å². The van der Waals surface area contributed by atoms with Crippen molar-refractivity contribution in [2.24, 2.45) is 0 Å². The van der Waals surface area contributed by atoms with Gasteiger partial charge in [-0.2, -0.15) is 4.80 Å². The van der Waals surface area contributed by atoms with Crippen molar-refractivity contribution in [2.75, 3.05) is 26.7 Å². The molecule has 0 N–H and O–H groups in total. The molecule has 0 aliphatic heterocycles. The van der Waals surface area contributed by atoms with E-state index in [4.69, 9.17) is 4.74 Å². The molecule has 0 saturated carbocycles. The molecular weight excluding hydrogens is 254 g/mol. The molecule has 0 aliphatic rings. The first-order chi connectivity index (χ1) is 9.76. The lowest BCUT2D eigenvalue weighted by atomic mass is 10.2. The van der Waals surface area contributed by atoms with Gasteiger partial charge in [-0.25, -0.2) is 0 Å². The Morgan fingerprint density at radius 2 is 1.85 bits per heavy atom. The second kappa shape index (κ2) is 7.00. The van der Waals surface area contributed by atoms with Crippen molar-refractivity contribution in [1.82, 2.24) is 25.1 Å². The number of nitrogens with zero attached hydrogens (tertiary/aromatic N) is 5. The lowest BCUT2D eigenvalue weighted by Gasteiger charge is -2.16. The summed E-state index contributed by atoms with van der Waals surface area (Å²) >= 11 is 0. The van der Waals surface area contributed by atoms with Crippen LogP contribution in [-0.4, -0.2) is 51.9 Å². The lowest BCUT2D eigenvalue weighted by Crippen LogP contribution is -2.27. The summed E-state index contributed by atoms with van der Waals surface area (Å²) in [5, 5.41) is 12.6. The van der Waals surface area contributed by atoms with Crippen molar-refractivity contribution in [3.63, 3.8) is 0 Å². The minimum atomic E-state index is 0.646. The molecule has 20 heavy (non-hydrogen) atoms. The lowest BCUT2D eigenvalue weighted by molar-refractivity contribution is 0.277. The van der Waals surface area contributed by atoms with E-state index >= 15 is 0 Å². The van der Waals surface area contributed by atoms with E-state index in [2.05, 4.69) is 34.2 Å². The third-order valence-corrected chi connectivity index (χ3v) is 3.31. The molecule has 0 unspecified atom stereocenters. The third-order valence-electron chi connectivity index (χ3n) is 3.31. The molecule has 1 heterocycles. The Morgan fingerprint density at radius 1 is 1.15 bits per heavy atom. The fraction of sp³-hybridized carbons (Fsp3) is 0.500. The summed E-state index contributed by atoms with van der Waals surface area (Å²) in [6, 6.07) is 7.66. The molecule has 0 bridgehead atoms. The molecule has 1 aromatic carbocycles. The molecule has 2 rings (SSSR count). The highest BCUT2D eigenvalue weighted by atomic mass is 16.5. The van der Waals surface area contributed by atoms with Crippen LogP contribution in [0.15, 0.2) is 24.3 Å². The minimum absolute atomic E-state index is 0.646. The number of hydrogen-bond acceptors (Lipinski definition) is 5. The number of hydrogen-bond donors (Lipinski definition) is 0. The van der Waals surface area contributed by atoms with Gasteiger partial charge in [-0.15, -0.1) is 10.2 Å². The van der Waals surface area contributed by atoms with Crippen LogP contribution < -0.4 is 4.74 Å². The Kier molecular flexibility index (Phi) is 5.06. The molecule has 0 spiro atoms. The molecule has 0 saturated heterocycles. The Labute approximate surface area is 119 Å². The number of ether oxygens (including phenoxy) is 1. The summed E-state index contributed by atoms with van der Waals surface area (Å²) in [7, 11) is 1.65. The molecule has 0 fully saturated rings. The standard InChI is InChI=1S/C14H21N5O/c1-4-18(5-2)10-11-19-16-14(15-17-19)12-6-8-13(20-3)9-7-12/h6-9H,4-5,10-11H2,1-3H3. The SMILES string of the molecule is CCN(CC)CCn1nnc(-c2ccc(OC)cc2)n1. The highest BCUT2D eigenvalue weighted by molar-refractivity contribution is 5.55. The molecule has 0 amide bonds. The van der Waals surface area contributed by atoms with Gasteiger partial charge in [-0.05, 0) is 42.6 Å². The molecular formula is C14H21N5O. The van der Waals surface area contributed by atoms with E-state index in [1.54, 1.807) is 11.9 Å². The number of aromatic nitrogens is 4. The first kappa shape index (κ1) is 14.5. The van der Waals surface area contributed by atoms with Crippen molar-refractivity contribution < 1.29 is 4.74 Å². The third kappa shape index (κ3) is 3.54. The van der Waals surface area contributed by atoms with Gasteiger partial charge in [0.15, 0.2) is 0 Å². The Balaban J connectivity index is 2.00. The highest BCUT2D eigenvalue weighted by Crippen LogP contribution is 2.18. The van der Waals surface area contributed by atoms with Crippen LogP contribution in [0, 0.1) is 0 Å². The highest BCUT2D eigenvalue weighted by Gasteiger charge is 2.07. The normalized spacial score (nSPS) is 11.0. The van der Waals surface area contributed by atoms with Gasteiger partial charge in [0.1, 0.15) is 5.75 Å². The van der Waals surface area contributed by atoms with Crippen molar-refractivity contribution in [3.8, 4) is 17.1 Å². The molecule has 108 valence electrons. The second-order valence-corrected chi connectivity index (χ2v) is 4.46. The summed E-state index contributed by atoms with van der Waals surface area (Å²) in [6.45, 7) is 8.07. The van der Waals surface area contributed by atoms with Crippen LogP contribution in [0.3, 0.4) is 0 Å². The zero-order chi connectivity index (χ0) is 14.4. The minimum Gasteiger partial charge on any atom is -0.497 e. The fourth-order valence-electron chi connectivity index (χ4n) is 1.96. The van der Waals surface area contributed by atoms with E-state index < -0.39 is 0 Å². The average molecular weight is 275 g/mol. The van der Waals surface area contributed by atoms with Crippen molar-refractivity contribution in [2.45, 2.75) is 20.4 Å². The van der Waals surface area contributed by atoms with Crippen LogP contribution in [0.4, 0.5) is 0 Å². The monoisotopic (exact) mass is 275 g/mol. The van der Waals surface area contributed by atoms with Crippen LogP contribution in [0.2, 0.25) is 0 Å². The van der Waals surface area contributed by atoms with E-state index in [9.17, 15) is 0 Å². The Morgan fingerprint density at radius 3 is 2.45 bits per heavy atom. The molecule has 0 aliphatic carbocycles. The molecule has 0 atom stereocenters. The maximum atomic E-state index is 5.13. The van der Waals surface area contributed by atoms with E-state index in [-0.39, 0.29) is 0 Å². The summed E-state index contributed by atoms with van der Waals surface area (Å²) in [6.07, 6.45) is 0. The van der Waals surface area contributed by atoms with E-state index in [1.165, 1.54) is 0 Å². The van der Waals surface area contributed by atoms with Gasteiger partial charge in [0.2, 0.25) is 5.82 Å². The number of benzene rings is 1. The van der Waals surface area contributed by atoms with E-state index in [0.29, 0.717) is 5.82 Å². The fourth-order valence-corrected chi connectivity index (χ4v) is 1.96. The zero-order valence-corrected chi connectivity index (χ0v) is 12.3. The molecule has 0 radical (unpaired) electrons. The second-order valence-electron chi connectivity index (χ2n) is 4.46. The van der Waals surface area contributed by atoms with E-state index in [1.807, 2.05) is 24.3 Å². The first-order valence-electron chi connectivity index (χ1n) is 6.91. The zero-order valence-electron chi connectivity index (χ0n) is 12.3. The predicted octanol–water partition coefficient (Wildman–Crippen LogP) is 1.69. The van der Waals surface area contributed by atoms with Gasteiger partial charge in [0.25, 0.3) is 0 Å². The van der Waals surface area contributed by atoms with Crippen LogP contribution in [-0.2, 0) is 6.54 Å². The number of rotatable bonds is 7. The Hall–Kier alpha value is -1.95. The maximum absolute atomic E-state index is 5.13. The number of tetrazole rings is 1. The van der Waals surface area contributed by atoms with Crippen molar-refractivity contribution >= 4 is 0 Å². The van der Waals surface area contributed by atoms with Crippen LogP contribution in [0.1, 0.15) is 13.8 Å².